The minimum Gasteiger partial charge on any atom is -0.348 e. The summed E-state index contributed by atoms with van der Waals surface area (Å²) in [6.45, 7) is 7.16. The third-order valence-electron chi connectivity index (χ3n) is 4.52. The largest absolute Gasteiger partial charge is 0.433 e. The Bertz CT molecular complexity index is 979. The van der Waals surface area contributed by atoms with Gasteiger partial charge in [0, 0.05) is 25.7 Å². The Hall–Kier alpha value is -2.40. The highest BCUT2D eigenvalue weighted by molar-refractivity contribution is 7.89. The monoisotopic (exact) mass is 446 g/mol. The summed E-state index contributed by atoms with van der Waals surface area (Å²) in [5.74, 6) is -0.908. The van der Waals surface area contributed by atoms with Gasteiger partial charge in [-0.15, -0.1) is 0 Å². The molecule has 0 fully saturated rings. The van der Waals surface area contributed by atoms with Crippen molar-refractivity contribution in [2.45, 2.75) is 51.4 Å². The summed E-state index contributed by atoms with van der Waals surface area (Å²) in [5, 5.41) is 6.13. The standard InChI is InChI=1S/C19H25F3N4O3S/c1-5-25(6-2)30(28,29)15-9-7-14(8-10-15)11-23-18(27)16-12-24-26(13(3)4)17(16)19(20,21)22/h7-10,12-13H,5-6,11H2,1-4H3,(H,23,27). The minimum atomic E-state index is -4.73. The van der Waals surface area contributed by atoms with Gasteiger partial charge in [-0.1, -0.05) is 26.0 Å². The van der Waals surface area contributed by atoms with E-state index >= 15 is 0 Å². The molecule has 30 heavy (non-hydrogen) atoms. The second-order valence-electron chi connectivity index (χ2n) is 6.86. The number of hydrogen-bond acceptors (Lipinski definition) is 4. The zero-order valence-corrected chi connectivity index (χ0v) is 18.0. The molecule has 0 aliphatic heterocycles. The number of halogens is 3. The number of sulfonamides is 1. The zero-order chi connectivity index (χ0) is 22.7. The van der Waals surface area contributed by atoms with Crippen molar-refractivity contribution in [3.63, 3.8) is 0 Å². The van der Waals surface area contributed by atoms with E-state index in [-0.39, 0.29) is 11.4 Å². The van der Waals surface area contributed by atoms with Crippen LogP contribution in [0.5, 0.6) is 0 Å². The number of nitrogens with zero attached hydrogens (tertiary/aromatic N) is 3. The van der Waals surface area contributed by atoms with E-state index in [1.807, 2.05) is 0 Å². The Kier molecular flexibility index (Phi) is 7.30. The molecule has 1 N–H and O–H groups in total. The third-order valence-corrected chi connectivity index (χ3v) is 6.58. The van der Waals surface area contributed by atoms with Crippen LogP contribution in [0.1, 0.15) is 55.4 Å². The van der Waals surface area contributed by atoms with Crippen molar-refractivity contribution in [3.8, 4) is 0 Å². The summed E-state index contributed by atoms with van der Waals surface area (Å²) < 4.78 is 67.3. The Morgan fingerprint density at radius 2 is 1.73 bits per heavy atom. The van der Waals surface area contributed by atoms with Crippen molar-refractivity contribution < 1.29 is 26.4 Å². The van der Waals surface area contributed by atoms with Gasteiger partial charge in [-0.2, -0.15) is 22.6 Å². The molecule has 0 spiro atoms. The molecule has 1 aromatic heterocycles. The Morgan fingerprint density at radius 1 is 1.17 bits per heavy atom. The number of alkyl halides is 3. The molecular weight excluding hydrogens is 421 g/mol. The third kappa shape index (κ3) is 5.01. The van der Waals surface area contributed by atoms with E-state index in [2.05, 4.69) is 10.4 Å². The van der Waals surface area contributed by atoms with Crippen LogP contribution in [0.3, 0.4) is 0 Å². The molecule has 0 aliphatic carbocycles. The summed E-state index contributed by atoms with van der Waals surface area (Å²) in [6, 6.07) is 5.28. The van der Waals surface area contributed by atoms with E-state index in [1.54, 1.807) is 13.8 Å². The Labute approximate surface area is 173 Å². The zero-order valence-electron chi connectivity index (χ0n) is 17.2. The lowest BCUT2D eigenvalue weighted by Gasteiger charge is -2.18. The molecule has 0 saturated heterocycles. The Morgan fingerprint density at radius 3 is 2.20 bits per heavy atom. The van der Waals surface area contributed by atoms with Crippen LogP contribution in [0.2, 0.25) is 0 Å². The summed E-state index contributed by atoms with van der Waals surface area (Å²) in [6.07, 6.45) is -3.83. The van der Waals surface area contributed by atoms with Crippen LogP contribution in [-0.4, -0.2) is 41.5 Å². The minimum absolute atomic E-state index is 0.0609. The molecule has 2 rings (SSSR count). The van der Waals surface area contributed by atoms with Crippen molar-refractivity contribution in [2.75, 3.05) is 13.1 Å². The molecule has 7 nitrogen and oxygen atoms in total. The first-order valence-corrected chi connectivity index (χ1v) is 10.9. The molecule has 0 aliphatic rings. The SMILES string of the molecule is CCN(CC)S(=O)(=O)c1ccc(CNC(=O)c2cnn(C(C)C)c2C(F)(F)F)cc1. The van der Waals surface area contributed by atoms with Crippen LogP contribution < -0.4 is 5.32 Å². The first kappa shape index (κ1) is 23.9. The second-order valence-corrected chi connectivity index (χ2v) is 8.80. The van der Waals surface area contributed by atoms with Gasteiger partial charge in [-0.05, 0) is 31.5 Å². The first-order chi connectivity index (χ1) is 13.9. The predicted molar refractivity (Wildman–Crippen MR) is 105 cm³/mol. The number of rotatable bonds is 8. The van der Waals surface area contributed by atoms with Gasteiger partial charge >= 0.3 is 6.18 Å². The van der Waals surface area contributed by atoms with Crippen molar-refractivity contribution >= 4 is 15.9 Å². The molecule has 0 atom stereocenters. The highest BCUT2D eigenvalue weighted by Crippen LogP contribution is 2.33. The normalized spacial score (nSPS) is 12.6. The average molecular weight is 446 g/mol. The van der Waals surface area contributed by atoms with E-state index in [4.69, 9.17) is 0 Å². The maximum Gasteiger partial charge on any atom is 0.433 e. The Balaban J connectivity index is 2.17. The highest BCUT2D eigenvalue weighted by Gasteiger charge is 2.40. The molecule has 166 valence electrons. The van der Waals surface area contributed by atoms with Crippen LogP contribution in [0.15, 0.2) is 35.4 Å². The summed E-state index contributed by atoms with van der Waals surface area (Å²) >= 11 is 0. The quantitative estimate of drug-likeness (QED) is 0.673. The average Bonchev–Trinajstić information content (AvgIpc) is 3.13. The van der Waals surface area contributed by atoms with Crippen LogP contribution >= 0.6 is 0 Å². The molecule has 1 aromatic carbocycles. The first-order valence-electron chi connectivity index (χ1n) is 9.45. The lowest BCUT2D eigenvalue weighted by atomic mass is 10.2. The maximum atomic E-state index is 13.4. The lowest BCUT2D eigenvalue weighted by molar-refractivity contribution is -0.145. The van der Waals surface area contributed by atoms with Crippen LogP contribution in [-0.2, 0) is 22.7 Å². The second kappa shape index (κ2) is 9.17. The summed E-state index contributed by atoms with van der Waals surface area (Å²) in [7, 11) is -3.61. The number of amides is 1. The van der Waals surface area contributed by atoms with E-state index in [1.165, 1.54) is 42.4 Å². The van der Waals surface area contributed by atoms with Crippen LogP contribution in [0.25, 0.3) is 0 Å². The maximum absolute atomic E-state index is 13.4. The van der Waals surface area contributed by atoms with Gasteiger partial charge in [0.25, 0.3) is 5.91 Å². The summed E-state index contributed by atoms with van der Waals surface area (Å²) in [4.78, 5) is 12.5. The van der Waals surface area contributed by atoms with Crippen LogP contribution in [0, 0.1) is 0 Å². The number of benzene rings is 1. The van der Waals surface area contributed by atoms with Crippen molar-refractivity contribution in [3.05, 3.63) is 47.3 Å². The molecule has 1 heterocycles. The molecule has 0 radical (unpaired) electrons. The van der Waals surface area contributed by atoms with E-state index in [0.29, 0.717) is 18.7 Å². The molecule has 2 aromatic rings. The van der Waals surface area contributed by atoms with Gasteiger partial charge in [0.1, 0.15) is 0 Å². The van der Waals surface area contributed by atoms with Gasteiger partial charge in [0.2, 0.25) is 10.0 Å². The predicted octanol–water partition coefficient (Wildman–Crippen LogP) is 3.44. The van der Waals surface area contributed by atoms with Crippen LogP contribution in [0.4, 0.5) is 13.2 Å². The topological polar surface area (TPSA) is 84.3 Å². The molecule has 0 bridgehead atoms. The fraction of sp³-hybridized carbons (Fsp3) is 0.474. The molecule has 1 amide bonds. The number of nitrogens with one attached hydrogen (secondary N) is 1. The van der Waals surface area contributed by atoms with Gasteiger partial charge in [0.05, 0.1) is 16.7 Å². The molecule has 0 unspecified atom stereocenters. The summed E-state index contributed by atoms with van der Waals surface area (Å²) in [5.41, 5.74) is -1.11. The van der Waals surface area contributed by atoms with E-state index in [0.717, 1.165) is 10.9 Å². The van der Waals surface area contributed by atoms with Crippen molar-refractivity contribution in [2.24, 2.45) is 0 Å². The number of carbonyl (C=O) groups is 1. The highest BCUT2D eigenvalue weighted by atomic mass is 32.2. The number of carbonyl (C=O) groups excluding carboxylic acids is 1. The fourth-order valence-electron chi connectivity index (χ4n) is 2.97. The van der Waals surface area contributed by atoms with Gasteiger partial charge in [-0.3, -0.25) is 9.48 Å². The number of aromatic nitrogens is 2. The molecule has 11 heteroatoms. The fourth-order valence-corrected chi connectivity index (χ4v) is 4.43. The van der Waals surface area contributed by atoms with Gasteiger partial charge in [-0.25, -0.2) is 8.42 Å². The molecule has 0 saturated carbocycles. The van der Waals surface area contributed by atoms with Crippen molar-refractivity contribution in [1.82, 2.24) is 19.4 Å². The number of hydrogen-bond donors (Lipinski definition) is 1. The van der Waals surface area contributed by atoms with Crippen molar-refractivity contribution in [1.29, 1.82) is 0 Å². The van der Waals surface area contributed by atoms with E-state index in [9.17, 15) is 26.4 Å². The molecular formula is C19H25F3N4O3S. The van der Waals surface area contributed by atoms with Gasteiger partial charge in [0.15, 0.2) is 5.69 Å². The van der Waals surface area contributed by atoms with Gasteiger partial charge < -0.3 is 5.32 Å². The smallest absolute Gasteiger partial charge is 0.348 e. The van der Waals surface area contributed by atoms with E-state index < -0.39 is 39.4 Å². The lowest BCUT2D eigenvalue weighted by Crippen LogP contribution is -2.30.